The van der Waals surface area contributed by atoms with Crippen LogP contribution in [0, 0.1) is 6.92 Å². The minimum atomic E-state index is -0.322. The lowest BCUT2D eigenvalue weighted by Gasteiger charge is -2.07. The number of thiazole rings is 1. The highest BCUT2D eigenvalue weighted by Gasteiger charge is 2.13. The van der Waals surface area contributed by atoms with E-state index in [-0.39, 0.29) is 5.91 Å². The number of amides is 1. The number of hydrogen-bond donors (Lipinski definition) is 2. The van der Waals surface area contributed by atoms with Gasteiger partial charge in [-0.3, -0.25) is 4.79 Å². The fourth-order valence-corrected chi connectivity index (χ4v) is 2.61. The van der Waals surface area contributed by atoms with Crippen LogP contribution in [0.5, 0.6) is 5.75 Å². The lowest BCUT2D eigenvalue weighted by atomic mass is 10.2. The Labute approximate surface area is 139 Å². The lowest BCUT2D eigenvalue weighted by Crippen LogP contribution is -2.17. The molecule has 6 nitrogen and oxygen atoms in total. The van der Waals surface area contributed by atoms with Crippen molar-refractivity contribution in [1.29, 1.82) is 0 Å². The van der Waals surface area contributed by atoms with Crippen LogP contribution in [-0.2, 0) is 0 Å². The van der Waals surface area contributed by atoms with E-state index in [0.29, 0.717) is 22.3 Å². The van der Waals surface area contributed by atoms with Crippen molar-refractivity contribution in [2.24, 2.45) is 5.10 Å². The fourth-order valence-electron chi connectivity index (χ4n) is 1.88. The van der Waals surface area contributed by atoms with E-state index in [4.69, 9.17) is 10.5 Å². The molecule has 2 rings (SSSR count). The first-order valence-electron chi connectivity index (χ1n) is 7.40. The number of unbranched alkanes of at least 4 members (excludes halogenated alkanes) is 1. The summed E-state index contributed by atoms with van der Waals surface area (Å²) in [5.74, 6) is 0.425. The number of aryl methyl sites for hydroxylation is 1. The third kappa shape index (κ3) is 4.79. The Morgan fingerprint density at radius 2 is 2.26 bits per heavy atom. The van der Waals surface area contributed by atoms with Gasteiger partial charge in [-0.1, -0.05) is 36.8 Å². The number of nitrogens with zero attached hydrogens (tertiary/aromatic N) is 2. The van der Waals surface area contributed by atoms with Crippen LogP contribution < -0.4 is 15.9 Å². The fraction of sp³-hybridized carbons (Fsp3) is 0.312. The van der Waals surface area contributed by atoms with Gasteiger partial charge in [0.2, 0.25) is 0 Å². The minimum Gasteiger partial charge on any atom is -0.493 e. The van der Waals surface area contributed by atoms with E-state index >= 15 is 0 Å². The topological polar surface area (TPSA) is 89.6 Å². The van der Waals surface area contributed by atoms with Crippen LogP contribution in [0.25, 0.3) is 0 Å². The third-order valence-electron chi connectivity index (χ3n) is 3.06. The number of para-hydroxylation sites is 1. The molecular formula is C16H20N4O2S. The number of carbonyl (C=O) groups is 1. The van der Waals surface area contributed by atoms with Crippen molar-refractivity contribution in [3.05, 3.63) is 40.4 Å². The van der Waals surface area contributed by atoms with Crippen LogP contribution in [-0.4, -0.2) is 23.7 Å². The number of aromatic nitrogens is 1. The second kappa shape index (κ2) is 8.28. The van der Waals surface area contributed by atoms with Gasteiger partial charge in [0.05, 0.1) is 18.5 Å². The highest BCUT2D eigenvalue weighted by atomic mass is 32.1. The molecule has 3 N–H and O–H groups in total. The van der Waals surface area contributed by atoms with Crippen molar-refractivity contribution >= 4 is 28.6 Å². The zero-order chi connectivity index (χ0) is 16.7. The maximum absolute atomic E-state index is 12.0. The number of anilines is 1. The van der Waals surface area contributed by atoms with Gasteiger partial charge in [0, 0.05) is 5.56 Å². The average Bonchev–Trinajstić information content (AvgIpc) is 2.87. The molecule has 0 saturated heterocycles. The molecule has 0 unspecified atom stereocenters. The summed E-state index contributed by atoms with van der Waals surface area (Å²) in [7, 11) is 0. The number of carbonyl (C=O) groups excluding carboxylic acids is 1. The number of nitrogens with one attached hydrogen (secondary N) is 1. The standard InChI is InChI=1S/C16H20N4O2S/c1-3-4-9-22-13-8-6-5-7-12(13)10-18-20-15(21)14-11(2)19-16(17)23-14/h5-8,10H,3-4,9H2,1-2H3,(H2,17,19)(H,20,21)/b18-10-. The lowest BCUT2D eigenvalue weighted by molar-refractivity contribution is 0.0958. The Bertz CT molecular complexity index is 697. The molecule has 0 saturated carbocycles. The molecule has 23 heavy (non-hydrogen) atoms. The molecule has 0 spiro atoms. The van der Waals surface area contributed by atoms with Gasteiger partial charge >= 0.3 is 0 Å². The summed E-state index contributed by atoms with van der Waals surface area (Å²) in [6, 6.07) is 7.56. The van der Waals surface area contributed by atoms with E-state index in [1.165, 1.54) is 0 Å². The molecule has 0 aliphatic carbocycles. The average molecular weight is 332 g/mol. The van der Waals surface area contributed by atoms with Crippen molar-refractivity contribution in [3.8, 4) is 5.75 Å². The Balaban J connectivity index is 2.00. The van der Waals surface area contributed by atoms with Crippen LogP contribution in [0.1, 0.15) is 40.7 Å². The smallest absolute Gasteiger partial charge is 0.283 e. The van der Waals surface area contributed by atoms with Gasteiger partial charge in [0.25, 0.3) is 5.91 Å². The Hall–Kier alpha value is -2.41. The summed E-state index contributed by atoms with van der Waals surface area (Å²) in [5, 5.41) is 4.36. The van der Waals surface area contributed by atoms with E-state index < -0.39 is 0 Å². The molecule has 2 aromatic rings. The summed E-state index contributed by atoms with van der Waals surface area (Å²) in [6.45, 7) is 4.51. The molecule has 7 heteroatoms. The summed E-state index contributed by atoms with van der Waals surface area (Å²) in [6.07, 6.45) is 3.64. The van der Waals surface area contributed by atoms with Crippen LogP contribution in [0.2, 0.25) is 0 Å². The zero-order valence-electron chi connectivity index (χ0n) is 13.2. The first-order valence-corrected chi connectivity index (χ1v) is 8.21. The van der Waals surface area contributed by atoms with Gasteiger partial charge in [0.15, 0.2) is 5.13 Å². The number of hydrogen-bond acceptors (Lipinski definition) is 6. The molecule has 1 aromatic carbocycles. The summed E-state index contributed by atoms with van der Waals surface area (Å²) < 4.78 is 5.71. The SMILES string of the molecule is CCCCOc1ccccc1/C=N\NC(=O)c1sc(N)nc1C. The van der Waals surface area contributed by atoms with Crippen LogP contribution in [0.3, 0.4) is 0 Å². The molecule has 122 valence electrons. The monoisotopic (exact) mass is 332 g/mol. The van der Waals surface area contributed by atoms with Gasteiger partial charge in [-0.05, 0) is 25.5 Å². The molecule has 0 radical (unpaired) electrons. The number of nitrogen functional groups attached to an aromatic ring is 1. The Morgan fingerprint density at radius 3 is 2.96 bits per heavy atom. The number of benzene rings is 1. The van der Waals surface area contributed by atoms with Crippen molar-refractivity contribution < 1.29 is 9.53 Å². The van der Waals surface area contributed by atoms with E-state index in [2.05, 4.69) is 22.4 Å². The first-order chi connectivity index (χ1) is 11.1. The van der Waals surface area contributed by atoms with Crippen LogP contribution in [0.4, 0.5) is 5.13 Å². The minimum absolute atomic E-state index is 0.322. The maximum Gasteiger partial charge on any atom is 0.283 e. The van der Waals surface area contributed by atoms with Gasteiger partial charge < -0.3 is 10.5 Å². The van der Waals surface area contributed by atoms with Crippen molar-refractivity contribution in [2.45, 2.75) is 26.7 Å². The Morgan fingerprint density at radius 1 is 1.48 bits per heavy atom. The highest BCUT2D eigenvalue weighted by molar-refractivity contribution is 7.17. The molecular weight excluding hydrogens is 312 g/mol. The number of rotatable bonds is 7. The number of nitrogens with two attached hydrogens (primary N) is 1. The van der Waals surface area contributed by atoms with E-state index in [0.717, 1.165) is 35.5 Å². The predicted octanol–water partition coefficient (Wildman–Crippen LogP) is 2.98. The van der Waals surface area contributed by atoms with Crippen molar-refractivity contribution in [2.75, 3.05) is 12.3 Å². The van der Waals surface area contributed by atoms with E-state index in [1.54, 1.807) is 13.1 Å². The van der Waals surface area contributed by atoms with Gasteiger partial charge in [-0.25, -0.2) is 10.4 Å². The normalized spacial score (nSPS) is 10.9. The van der Waals surface area contributed by atoms with E-state index in [9.17, 15) is 4.79 Å². The zero-order valence-corrected chi connectivity index (χ0v) is 14.0. The highest BCUT2D eigenvalue weighted by Crippen LogP contribution is 2.19. The van der Waals surface area contributed by atoms with Gasteiger partial charge in [-0.2, -0.15) is 5.10 Å². The van der Waals surface area contributed by atoms with Crippen molar-refractivity contribution in [1.82, 2.24) is 10.4 Å². The van der Waals surface area contributed by atoms with Crippen LogP contribution in [0.15, 0.2) is 29.4 Å². The van der Waals surface area contributed by atoms with Crippen LogP contribution >= 0.6 is 11.3 Å². The molecule has 0 aliphatic heterocycles. The predicted molar refractivity (Wildman–Crippen MR) is 93.2 cm³/mol. The number of ether oxygens (including phenoxy) is 1. The summed E-state index contributed by atoms with van der Waals surface area (Å²) in [5.41, 5.74) is 9.48. The van der Waals surface area contributed by atoms with Gasteiger partial charge in [0.1, 0.15) is 10.6 Å². The van der Waals surface area contributed by atoms with Crippen molar-refractivity contribution in [3.63, 3.8) is 0 Å². The molecule has 0 bridgehead atoms. The second-order valence-corrected chi connectivity index (χ2v) is 5.94. The molecule has 1 aromatic heterocycles. The quantitative estimate of drug-likeness (QED) is 0.463. The maximum atomic E-state index is 12.0. The third-order valence-corrected chi connectivity index (χ3v) is 4.05. The first kappa shape index (κ1) is 17.0. The largest absolute Gasteiger partial charge is 0.493 e. The molecule has 0 atom stereocenters. The second-order valence-electron chi connectivity index (χ2n) is 4.91. The van der Waals surface area contributed by atoms with E-state index in [1.807, 2.05) is 24.3 Å². The molecule has 1 amide bonds. The number of hydrazone groups is 1. The Kier molecular flexibility index (Phi) is 6.10. The van der Waals surface area contributed by atoms with Gasteiger partial charge in [-0.15, -0.1) is 0 Å². The summed E-state index contributed by atoms with van der Waals surface area (Å²) >= 11 is 1.14. The molecule has 1 heterocycles. The summed E-state index contributed by atoms with van der Waals surface area (Å²) in [4.78, 5) is 16.5. The molecule has 0 fully saturated rings. The molecule has 0 aliphatic rings.